The predicted molar refractivity (Wildman–Crippen MR) is 133 cm³/mol. The molecule has 1 aliphatic heterocycles. The van der Waals surface area contributed by atoms with E-state index < -0.39 is 11.5 Å². The number of ether oxygens (including phenoxy) is 2. The number of carbonyl (C=O) groups is 1. The first-order valence-electron chi connectivity index (χ1n) is 10.5. The quantitative estimate of drug-likeness (QED) is 0.436. The second-order valence-electron chi connectivity index (χ2n) is 8.21. The van der Waals surface area contributed by atoms with Gasteiger partial charge in [0.05, 0.1) is 28.6 Å². The van der Waals surface area contributed by atoms with Crippen molar-refractivity contribution in [1.29, 1.82) is 0 Å². The van der Waals surface area contributed by atoms with Crippen molar-refractivity contribution < 1.29 is 19.1 Å². The average Bonchev–Trinajstić information content (AvgIpc) is 3.22. The lowest BCUT2D eigenvalue weighted by atomic mass is 9.96. The Morgan fingerprint density at radius 3 is 2.50 bits per heavy atom. The maximum atomic E-state index is 12.8. The molecule has 0 bridgehead atoms. The number of hydrogen-bond acceptors (Lipinski definition) is 6. The number of hydrogen-bond donors (Lipinski definition) is 1. The SMILES string of the molecule is COc1ccc(C(=O)Nc2c(Cl)cncc2Cl)cc1OCC1(C)CC(c2ccc(C)cc2)=NO1. The first kappa shape index (κ1) is 23.9. The number of amides is 1. The van der Waals surface area contributed by atoms with Crippen molar-refractivity contribution in [2.45, 2.75) is 25.9 Å². The Labute approximate surface area is 207 Å². The molecule has 3 aromatic rings. The van der Waals surface area contributed by atoms with Gasteiger partial charge in [-0.3, -0.25) is 9.78 Å². The lowest BCUT2D eigenvalue weighted by Crippen LogP contribution is -2.33. The molecule has 176 valence electrons. The smallest absolute Gasteiger partial charge is 0.255 e. The van der Waals surface area contributed by atoms with Crippen molar-refractivity contribution in [2.75, 3.05) is 19.0 Å². The van der Waals surface area contributed by atoms with Crippen LogP contribution < -0.4 is 14.8 Å². The van der Waals surface area contributed by atoms with Crippen molar-refractivity contribution in [1.82, 2.24) is 4.98 Å². The molecule has 1 N–H and O–H groups in total. The zero-order chi connectivity index (χ0) is 24.3. The summed E-state index contributed by atoms with van der Waals surface area (Å²) >= 11 is 12.2. The summed E-state index contributed by atoms with van der Waals surface area (Å²) in [6, 6.07) is 13.0. The second kappa shape index (κ2) is 9.91. The van der Waals surface area contributed by atoms with E-state index in [4.69, 9.17) is 37.5 Å². The zero-order valence-corrected chi connectivity index (χ0v) is 20.4. The molecule has 0 aliphatic carbocycles. The number of rotatable bonds is 7. The molecular weight excluding hydrogens is 477 g/mol. The van der Waals surface area contributed by atoms with Crippen molar-refractivity contribution in [3.8, 4) is 11.5 Å². The summed E-state index contributed by atoms with van der Waals surface area (Å²) in [5.41, 5.74) is 3.01. The number of pyridine rings is 1. The lowest BCUT2D eigenvalue weighted by Gasteiger charge is -2.22. The molecule has 0 radical (unpaired) electrons. The molecule has 1 unspecified atom stereocenters. The summed E-state index contributed by atoms with van der Waals surface area (Å²) in [6.07, 6.45) is 3.39. The Balaban J connectivity index is 1.46. The number of carbonyl (C=O) groups excluding carboxylic acids is 1. The van der Waals surface area contributed by atoms with Crippen LogP contribution in [0.3, 0.4) is 0 Å². The topological polar surface area (TPSA) is 82.0 Å². The third-order valence-corrected chi connectivity index (χ3v) is 5.93. The van der Waals surface area contributed by atoms with E-state index in [1.165, 1.54) is 25.1 Å². The van der Waals surface area contributed by atoms with Crippen molar-refractivity contribution >= 4 is 40.5 Å². The Kier molecular flexibility index (Phi) is 6.95. The molecule has 2 aromatic carbocycles. The third-order valence-electron chi connectivity index (χ3n) is 5.35. The van der Waals surface area contributed by atoms with Gasteiger partial charge in [0.2, 0.25) is 0 Å². The van der Waals surface area contributed by atoms with Gasteiger partial charge in [0.1, 0.15) is 6.61 Å². The molecule has 2 heterocycles. The van der Waals surface area contributed by atoms with Gasteiger partial charge in [-0.2, -0.15) is 0 Å². The standard InChI is InChI=1S/C25H23Cl2N3O4/c1-15-4-6-16(7-5-15)20-11-25(2,34-30-20)14-33-22-10-17(8-9-21(22)32-3)24(31)29-23-18(26)12-28-13-19(23)27/h4-10,12-13H,11,14H2,1-3H3,(H,28,29,31). The van der Waals surface area contributed by atoms with E-state index in [0.29, 0.717) is 23.5 Å². The van der Waals surface area contributed by atoms with Crippen molar-refractivity contribution in [3.63, 3.8) is 0 Å². The first-order valence-corrected chi connectivity index (χ1v) is 11.3. The number of methoxy groups -OCH3 is 1. The Hall–Kier alpha value is -3.29. The molecule has 0 saturated carbocycles. The van der Waals surface area contributed by atoms with Crippen LogP contribution in [-0.2, 0) is 4.84 Å². The van der Waals surface area contributed by atoms with E-state index >= 15 is 0 Å². The minimum atomic E-state index is -0.665. The van der Waals surface area contributed by atoms with Crippen LogP contribution in [0.5, 0.6) is 11.5 Å². The van der Waals surface area contributed by atoms with E-state index in [1.807, 2.05) is 38.1 Å². The van der Waals surface area contributed by atoms with Gasteiger partial charge in [-0.1, -0.05) is 58.2 Å². The summed E-state index contributed by atoms with van der Waals surface area (Å²) in [5, 5.41) is 7.45. The fourth-order valence-corrected chi connectivity index (χ4v) is 3.90. The second-order valence-corrected chi connectivity index (χ2v) is 9.02. The van der Waals surface area contributed by atoms with Crippen LogP contribution in [0.1, 0.15) is 34.8 Å². The third kappa shape index (κ3) is 5.26. The molecular formula is C25H23Cl2N3O4. The van der Waals surface area contributed by atoms with Gasteiger partial charge in [-0.05, 0) is 37.6 Å². The van der Waals surface area contributed by atoms with Gasteiger partial charge in [0.15, 0.2) is 17.1 Å². The Bertz CT molecular complexity index is 1230. The molecule has 1 atom stereocenters. The molecule has 4 rings (SSSR count). The maximum absolute atomic E-state index is 12.8. The van der Waals surface area contributed by atoms with Crippen LogP contribution in [0.2, 0.25) is 10.0 Å². The largest absolute Gasteiger partial charge is 0.493 e. The molecule has 7 nitrogen and oxygen atoms in total. The summed E-state index contributed by atoms with van der Waals surface area (Å²) < 4.78 is 11.5. The number of nitrogens with zero attached hydrogens (tertiary/aromatic N) is 2. The normalized spacial score (nSPS) is 17.0. The van der Waals surface area contributed by atoms with E-state index in [9.17, 15) is 4.79 Å². The lowest BCUT2D eigenvalue weighted by molar-refractivity contribution is -0.0361. The van der Waals surface area contributed by atoms with E-state index in [-0.39, 0.29) is 22.3 Å². The highest BCUT2D eigenvalue weighted by molar-refractivity contribution is 6.39. The number of nitrogens with one attached hydrogen (secondary N) is 1. The number of oxime groups is 1. The minimum Gasteiger partial charge on any atom is -0.493 e. The summed E-state index contributed by atoms with van der Waals surface area (Å²) in [7, 11) is 1.53. The average molecular weight is 500 g/mol. The fraction of sp³-hybridized carbons (Fsp3) is 0.240. The molecule has 0 saturated heterocycles. The highest BCUT2D eigenvalue weighted by atomic mass is 35.5. The van der Waals surface area contributed by atoms with Gasteiger partial charge < -0.3 is 19.6 Å². The monoisotopic (exact) mass is 499 g/mol. The molecule has 0 fully saturated rings. The number of anilines is 1. The van der Waals surface area contributed by atoms with E-state index in [2.05, 4.69) is 15.5 Å². The van der Waals surface area contributed by atoms with Crippen LogP contribution in [0.15, 0.2) is 60.0 Å². The Morgan fingerprint density at radius 1 is 1.12 bits per heavy atom. The summed E-state index contributed by atoms with van der Waals surface area (Å²) in [6.45, 7) is 4.17. The highest BCUT2D eigenvalue weighted by Gasteiger charge is 2.36. The predicted octanol–water partition coefficient (Wildman–Crippen LogP) is 5.92. The molecule has 0 spiro atoms. The fourth-order valence-electron chi connectivity index (χ4n) is 3.44. The summed E-state index contributed by atoms with van der Waals surface area (Å²) in [4.78, 5) is 22.4. The Morgan fingerprint density at radius 2 is 1.82 bits per heavy atom. The van der Waals surface area contributed by atoms with E-state index in [1.54, 1.807) is 18.2 Å². The number of aromatic nitrogens is 1. The van der Waals surface area contributed by atoms with E-state index in [0.717, 1.165) is 11.3 Å². The van der Waals surface area contributed by atoms with Crippen LogP contribution >= 0.6 is 23.2 Å². The van der Waals surface area contributed by atoms with Crippen molar-refractivity contribution in [2.24, 2.45) is 5.16 Å². The highest BCUT2D eigenvalue weighted by Crippen LogP contribution is 2.33. The van der Waals surface area contributed by atoms with Gasteiger partial charge in [0.25, 0.3) is 5.91 Å². The molecule has 1 amide bonds. The first-order chi connectivity index (χ1) is 16.3. The van der Waals surface area contributed by atoms with Crippen LogP contribution in [0.25, 0.3) is 0 Å². The molecule has 34 heavy (non-hydrogen) atoms. The zero-order valence-electron chi connectivity index (χ0n) is 18.9. The minimum absolute atomic E-state index is 0.204. The number of halogens is 2. The number of benzene rings is 2. The van der Waals surface area contributed by atoms with Gasteiger partial charge in [-0.15, -0.1) is 0 Å². The van der Waals surface area contributed by atoms with Crippen LogP contribution in [0.4, 0.5) is 5.69 Å². The molecule has 9 heteroatoms. The molecule has 1 aromatic heterocycles. The summed E-state index contributed by atoms with van der Waals surface area (Å²) in [5.74, 6) is 0.476. The molecule has 1 aliphatic rings. The van der Waals surface area contributed by atoms with Crippen LogP contribution in [-0.4, -0.2) is 35.9 Å². The van der Waals surface area contributed by atoms with Crippen molar-refractivity contribution in [3.05, 3.63) is 81.6 Å². The maximum Gasteiger partial charge on any atom is 0.255 e. The van der Waals surface area contributed by atoms with Gasteiger partial charge in [0, 0.05) is 24.4 Å². The van der Waals surface area contributed by atoms with Gasteiger partial charge in [-0.25, -0.2) is 0 Å². The van der Waals surface area contributed by atoms with Crippen LogP contribution in [0, 0.1) is 6.92 Å². The number of aryl methyl sites for hydroxylation is 1. The van der Waals surface area contributed by atoms with Gasteiger partial charge >= 0.3 is 0 Å².